The van der Waals surface area contributed by atoms with Crippen molar-refractivity contribution in [2.24, 2.45) is 0 Å². The van der Waals surface area contributed by atoms with Crippen molar-refractivity contribution >= 4 is 11.6 Å². The van der Waals surface area contributed by atoms with Gasteiger partial charge in [0, 0.05) is 24.1 Å². The van der Waals surface area contributed by atoms with Crippen molar-refractivity contribution < 1.29 is 14.0 Å². The second-order valence-electron chi connectivity index (χ2n) is 3.03. The van der Waals surface area contributed by atoms with Crippen LogP contribution in [0.3, 0.4) is 0 Å². The number of alkyl halides is 2. The van der Waals surface area contributed by atoms with Crippen LogP contribution in [0.4, 0.5) is 8.78 Å². The molecule has 2 nitrogen and oxygen atoms in total. The molecule has 1 rings (SSSR count). The number of rotatable bonds is 3. The molecular weight excluding hydrogens is 212 g/mol. The Hall–Kier alpha value is -0.710. The molecule has 0 radical (unpaired) electrons. The molecule has 0 amide bonds. The Bertz CT molecular complexity index is 325. The second kappa shape index (κ2) is 4.21. The normalized spacial score (nSPS) is 11.8. The average Bonchev–Trinajstić information content (AvgIpc) is 2.07. The van der Waals surface area contributed by atoms with E-state index in [0.717, 1.165) is 6.92 Å². The van der Waals surface area contributed by atoms with Gasteiger partial charge in [0.15, 0.2) is 0 Å². The lowest BCUT2D eigenvalue weighted by molar-refractivity contribution is 0.0174. The Balaban J connectivity index is 3.01. The average molecular weight is 222 g/mol. The smallest absolute Gasteiger partial charge is 0.270 e. The SMILES string of the molecule is CC(F)(F)c1ccc(CNO)c(Cl)c1. The van der Waals surface area contributed by atoms with Crippen LogP contribution in [-0.4, -0.2) is 5.21 Å². The quantitative estimate of drug-likeness (QED) is 0.770. The van der Waals surface area contributed by atoms with Gasteiger partial charge in [0.2, 0.25) is 0 Å². The van der Waals surface area contributed by atoms with Gasteiger partial charge in [0.05, 0.1) is 0 Å². The second-order valence-corrected chi connectivity index (χ2v) is 3.44. The number of benzene rings is 1. The van der Waals surface area contributed by atoms with Crippen LogP contribution in [0.2, 0.25) is 5.02 Å². The lowest BCUT2D eigenvalue weighted by Crippen LogP contribution is -2.10. The molecule has 78 valence electrons. The molecule has 0 heterocycles. The van der Waals surface area contributed by atoms with Crippen LogP contribution in [-0.2, 0) is 12.5 Å². The van der Waals surface area contributed by atoms with E-state index < -0.39 is 5.92 Å². The third-order valence-corrected chi connectivity index (χ3v) is 2.18. The van der Waals surface area contributed by atoms with Crippen molar-refractivity contribution in [1.82, 2.24) is 5.48 Å². The highest BCUT2D eigenvalue weighted by atomic mass is 35.5. The number of hydrogen-bond donors (Lipinski definition) is 2. The Morgan fingerprint density at radius 2 is 2.14 bits per heavy atom. The van der Waals surface area contributed by atoms with Gasteiger partial charge < -0.3 is 5.21 Å². The first-order chi connectivity index (χ1) is 6.45. The third-order valence-electron chi connectivity index (χ3n) is 1.83. The molecule has 0 aliphatic carbocycles. The number of nitrogens with one attached hydrogen (secondary N) is 1. The standard InChI is InChI=1S/C9H10ClF2NO/c1-9(11,12)7-3-2-6(5-13-14)8(10)4-7/h2-4,13-14H,5H2,1H3. The predicted molar refractivity (Wildman–Crippen MR) is 49.6 cm³/mol. The van der Waals surface area contributed by atoms with Crippen molar-refractivity contribution in [2.45, 2.75) is 19.4 Å². The van der Waals surface area contributed by atoms with Gasteiger partial charge in [0.25, 0.3) is 5.92 Å². The molecule has 0 unspecified atom stereocenters. The third kappa shape index (κ3) is 2.64. The van der Waals surface area contributed by atoms with Crippen LogP contribution in [0.5, 0.6) is 0 Å². The fraction of sp³-hybridized carbons (Fsp3) is 0.333. The molecule has 0 saturated heterocycles. The predicted octanol–water partition coefficient (Wildman–Crippen LogP) is 2.93. The lowest BCUT2D eigenvalue weighted by atomic mass is 10.1. The van der Waals surface area contributed by atoms with Gasteiger partial charge >= 0.3 is 0 Å². The van der Waals surface area contributed by atoms with Gasteiger partial charge in [-0.1, -0.05) is 23.7 Å². The summed E-state index contributed by atoms with van der Waals surface area (Å²) in [7, 11) is 0. The van der Waals surface area contributed by atoms with Gasteiger partial charge in [-0.15, -0.1) is 0 Å². The highest BCUT2D eigenvalue weighted by Gasteiger charge is 2.24. The Labute approximate surface area is 85.5 Å². The van der Waals surface area contributed by atoms with Gasteiger partial charge in [-0.2, -0.15) is 0 Å². The molecule has 0 aromatic heterocycles. The molecule has 1 aromatic carbocycles. The molecule has 0 fully saturated rings. The summed E-state index contributed by atoms with van der Waals surface area (Å²) in [5.41, 5.74) is 2.35. The number of halogens is 3. The highest BCUT2D eigenvalue weighted by Crippen LogP contribution is 2.30. The molecule has 0 saturated carbocycles. The molecule has 0 bridgehead atoms. The van der Waals surface area contributed by atoms with Crippen LogP contribution in [0.1, 0.15) is 18.1 Å². The summed E-state index contributed by atoms with van der Waals surface area (Å²) in [6.07, 6.45) is 0. The topological polar surface area (TPSA) is 32.3 Å². The maximum atomic E-state index is 12.8. The maximum Gasteiger partial charge on any atom is 0.270 e. The fourth-order valence-electron chi connectivity index (χ4n) is 1.05. The zero-order valence-electron chi connectivity index (χ0n) is 7.52. The van der Waals surface area contributed by atoms with Gasteiger partial charge in [-0.3, -0.25) is 0 Å². The van der Waals surface area contributed by atoms with Crippen molar-refractivity contribution in [3.8, 4) is 0 Å². The van der Waals surface area contributed by atoms with E-state index in [-0.39, 0.29) is 17.1 Å². The van der Waals surface area contributed by atoms with Gasteiger partial charge in [-0.05, 0) is 11.6 Å². The van der Waals surface area contributed by atoms with Crippen LogP contribution in [0, 0.1) is 0 Å². The maximum absolute atomic E-state index is 12.8. The van der Waals surface area contributed by atoms with E-state index in [1.807, 2.05) is 5.48 Å². The van der Waals surface area contributed by atoms with E-state index in [4.69, 9.17) is 16.8 Å². The Morgan fingerprint density at radius 3 is 2.57 bits per heavy atom. The summed E-state index contributed by atoms with van der Waals surface area (Å²) in [6, 6.07) is 3.95. The fourth-order valence-corrected chi connectivity index (χ4v) is 1.30. The number of hydrogen-bond acceptors (Lipinski definition) is 2. The molecule has 1 aromatic rings. The molecule has 0 aliphatic rings. The minimum absolute atomic E-state index is 0.133. The zero-order valence-corrected chi connectivity index (χ0v) is 8.28. The zero-order chi connectivity index (χ0) is 10.8. The van der Waals surface area contributed by atoms with Gasteiger partial charge in [-0.25, -0.2) is 14.3 Å². The van der Waals surface area contributed by atoms with Crippen molar-refractivity contribution in [2.75, 3.05) is 0 Å². The minimum atomic E-state index is -2.89. The molecule has 14 heavy (non-hydrogen) atoms. The molecule has 0 aliphatic heterocycles. The van der Waals surface area contributed by atoms with Crippen molar-refractivity contribution in [3.05, 3.63) is 34.3 Å². The van der Waals surface area contributed by atoms with Gasteiger partial charge in [0.1, 0.15) is 0 Å². The van der Waals surface area contributed by atoms with E-state index in [1.54, 1.807) is 0 Å². The molecule has 0 atom stereocenters. The lowest BCUT2D eigenvalue weighted by Gasteiger charge is -2.12. The Morgan fingerprint density at radius 1 is 1.50 bits per heavy atom. The molecule has 5 heteroatoms. The molecular formula is C9H10ClF2NO. The summed E-state index contributed by atoms with van der Waals surface area (Å²) in [5, 5.41) is 8.63. The first-order valence-electron chi connectivity index (χ1n) is 3.99. The van der Waals surface area contributed by atoms with E-state index in [9.17, 15) is 8.78 Å². The molecule has 0 spiro atoms. The van der Waals surface area contributed by atoms with E-state index in [0.29, 0.717) is 5.56 Å². The monoisotopic (exact) mass is 221 g/mol. The Kier molecular flexibility index (Phi) is 3.42. The summed E-state index contributed by atoms with van der Waals surface area (Å²) in [4.78, 5) is 0. The van der Waals surface area contributed by atoms with Crippen LogP contribution >= 0.6 is 11.6 Å². The largest absolute Gasteiger partial charge is 0.316 e. The van der Waals surface area contributed by atoms with E-state index in [2.05, 4.69) is 0 Å². The van der Waals surface area contributed by atoms with E-state index >= 15 is 0 Å². The summed E-state index contributed by atoms with van der Waals surface area (Å²) in [5.74, 6) is -2.89. The summed E-state index contributed by atoms with van der Waals surface area (Å²) >= 11 is 5.73. The molecule has 2 N–H and O–H groups in total. The van der Waals surface area contributed by atoms with Crippen molar-refractivity contribution in [1.29, 1.82) is 0 Å². The van der Waals surface area contributed by atoms with Crippen LogP contribution < -0.4 is 5.48 Å². The first-order valence-corrected chi connectivity index (χ1v) is 4.36. The minimum Gasteiger partial charge on any atom is -0.316 e. The van der Waals surface area contributed by atoms with E-state index in [1.165, 1.54) is 18.2 Å². The number of hydroxylamine groups is 1. The van der Waals surface area contributed by atoms with Crippen LogP contribution in [0.25, 0.3) is 0 Å². The van der Waals surface area contributed by atoms with Crippen LogP contribution in [0.15, 0.2) is 18.2 Å². The first kappa shape index (κ1) is 11.4. The van der Waals surface area contributed by atoms with Crippen molar-refractivity contribution in [3.63, 3.8) is 0 Å². The highest BCUT2D eigenvalue weighted by molar-refractivity contribution is 6.31. The summed E-state index contributed by atoms with van der Waals surface area (Å²) < 4.78 is 25.7. The summed E-state index contributed by atoms with van der Waals surface area (Å²) in [6.45, 7) is 0.941.